The molecule has 0 bridgehead atoms. The molecule has 6 nitrogen and oxygen atoms in total. The van der Waals surface area contributed by atoms with Gasteiger partial charge >= 0.3 is 5.97 Å². The normalized spacial score (nSPS) is 11.2. The minimum atomic E-state index is -3.90. The summed E-state index contributed by atoms with van der Waals surface area (Å²) in [7, 11) is -1.23. The summed E-state index contributed by atoms with van der Waals surface area (Å²) in [5, 5.41) is 1.41. The molecule has 134 valence electrons. The standard InChI is InChI=1S/C19H17NO5S/c1-24-17-11-10-14(19(21)25-2)12-16(17)20-26(22,23)18-9-5-7-13-6-3-4-8-15(13)18/h3-12,20H,1-2H3. The highest BCUT2D eigenvalue weighted by molar-refractivity contribution is 7.93. The molecule has 0 saturated heterocycles. The molecule has 0 spiro atoms. The Labute approximate surface area is 151 Å². The minimum Gasteiger partial charge on any atom is -0.495 e. The molecular weight excluding hydrogens is 354 g/mol. The van der Waals surface area contributed by atoms with Crippen molar-refractivity contribution >= 4 is 32.5 Å². The topological polar surface area (TPSA) is 81.7 Å². The smallest absolute Gasteiger partial charge is 0.337 e. The van der Waals surface area contributed by atoms with E-state index in [1.807, 2.05) is 18.2 Å². The van der Waals surface area contributed by atoms with E-state index in [1.54, 1.807) is 18.2 Å². The van der Waals surface area contributed by atoms with Gasteiger partial charge in [-0.15, -0.1) is 0 Å². The number of carbonyl (C=O) groups excluding carboxylic acids is 1. The van der Waals surface area contributed by atoms with E-state index in [0.717, 1.165) is 5.39 Å². The van der Waals surface area contributed by atoms with Crippen molar-refractivity contribution in [2.75, 3.05) is 18.9 Å². The van der Waals surface area contributed by atoms with E-state index in [9.17, 15) is 13.2 Å². The fraction of sp³-hybridized carbons (Fsp3) is 0.105. The van der Waals surface area contributed by atoms with Crippen LogP contribution in [0.15, 0.2) is 65.6 Å². The van der Waals surface area contributed by atoms with Gasteiger partial charge in [-0.3, -0.25) is 4.72 Å². The number of hydrogen-bond acceptors (Lipinski definition) is 5. The Balaban J connectivity index is 2.08. The average Bonchev–Trinajstić information content (AvgIpc) is 2.66. The van der Waals surface area contributed by atoms with Crippen LogP contribution in [-0.4, -0.2) is 28.6 Å². The van der Waals surface area contributed by atoms with Crippen LogP contribution in [0.4, 0.5) is 5.69 Å². The molecule has 3 rings (SSSR count). The molecule has 0 aromatic heterocycles. The van der Waals surface area contributed by atoms with Crippen LogP contribution in [0.1, 0.15) is 10.4 Å². The zero-order chi connectivity index (χ0) is 18.7. The Morgan fingerprint density at radius 3 is 2.42 bits per heavy atom. The van der Waals surface area contributed by atoms with Crippen molar-refractivity contribution in [2.24, 2.45) is 0 Å². The third kappa shape index (κ3) is 3.34. The molecule has 0 radical (unpaired) electrons. The number of methoxy groups -OCH3 is 2. The van der Waals surface area contributed by atoms with Crippen LogP contribution < -0.4 is 9.46 Å². The summed E-state index contributed by atoms with van der Waals surface area (Å²) >= 11 is 0. The highest BCUT2D eigenvalue weighted by Crippen LogP contribution is 2.30. The lowest BCUT2D eigenvalue weighted by Crippen LogP contribution is -2.15. The lowest BCUT2D eigenvalue weighted by atomic mass is 10.1. The van der Waals surface area contributed by atoms with E-state index in [-0.39, 0.29) is 16.1 Å². The molecule has 0 amide bonds. The third-order valence-electron chi connectivity index (χ3n) is 3.90. The SMILES string of the molecule is COC(=O)c1ccc(OC)c(NS(=O)(=O)c2cccc3ccccc23)c1. The quantitative estimate of drug-likeness (QED) is 0.695. The van der Waals surface area contributed by atoms with Crippen molar-refractivity contribution in [3.05, 3.63) is 66.2 Å². The van der Waals surface area contributed by atoms with Gasteiger partial charge < -0.3 is 9.47 Å². The van der Waals surface area contributed by atoms with E-state index in [2.05, 4.69) is 9.46 Å². The molecule has 26 heavy (non-hydrogen) atoms. The summed E-state index contributed by atoms with van der Waals surface area (Å²) < 4.78 is 38.3. The van der Waals surface area contributed by atoms with Crippen molar-refractivity contribution in [2.45, 2.75) is 4.90 Å². The van der Waals surface area contributed by atoms with E-state index in [1.165, 1.54) is 38.5 Å². The van der Waals surface area contributed by atoms with E-state index >= 15 is 0 Å². The maximum atomic E-state index is 13.0. The first kappa shape index (κ1) is 17.8. The van der Waals surface area contributed by atoms with Crippen LogP contribution in [0.5, 0.6) is 5.75 Å². The number of nitrogens with one attached hydrogen (secondary N) is 1. The molecule has 0 unspecified atom stereocenters. The van der Waals surface area contributed by atoms with Gasteiger partial charge in [0.05, 0.1) is 30.4 Å². The number of esters is 1. The molecule has 0 fully saturated rings. The van der Waals surface area contributed by atoms with Crippen LogP contribution in [0.3, 0.4) is 0 Å². The van der Waals surface area contributed by atoms with Crippen LogP contribution in [0.2, 0.25) is 0 Å². The van der Waals surface area contributed by atoms with Crippen molar-refractivity contribution < 1.29 is 22.7 Å². The number of anilines is 1. The van der Waals surface area contributed by atoms with Crippen molar-refractivity contribution in [3.63, 3.8) is 0 Å². The second-order valence-corrected chi connectivity index (χ2v) is 7.14. The Morgan fingerprint density at radius 2 is 1.69 bits per heavy atom. The molecule has 0 aliphatic rings. The third-order valence-corrected chi connectivity index (χ3v) is 5.33. The number of fused-ring (bicyclic) bond motifs is 1. The van der Waals surface area contributed by atoms with Gasteiger partial charge in [-0.2, -0.15) is 0 Å². The second kappa shape index (κ2) is 7.05. The lowest BCUT2D eigenvalue weighted by Gasteiger charge is -2.14. The summed E-state index contributed by atoms with van der Waals surface area (Å²) in [6.07, 6.45) is 0. The van der Waals surface area contributed by atoms with Crippen molar-refractivity contribution in [1.29, 1.82) is 0 Å². The summed E-state index contributed by atoms with van der Waals surface area (Å²) in [6.45, 7) is 0. The zero-order valence-corrected chi connectivity index (χ0v) is 15.0. The molecule has 0 atom stereocenters. The molecule has 3 aromatic carbocycles. The molecule has 0 saturated carbocycles. The van der Waals surface area contributed by atoms with Gasteiger partial charge in [0, 0.05) is 5.39 Å². The Hall–Kier alpha value is -3.06. The van der Waals surface area contributed by atoms with Crippen molar-refractivity contribution in [3.8, 4) is 5.75 Å². The van der Waals surface area contributed by atoms with E-state index < -0.39 is 16.0 Å². The van der Waals surface area contributed by atoms with Crippen LogP contribution in [0.25, 0.3) is 10.8 Å². The second-order valence-electron chi connectivity index (χ2n) is 5.49. The Bertz CT molecular complexity index is 1070. The largest absolute Gasteiger partial charge is 0.495 e. The van der Waals surface area contributed by atoms with Gasteiger partial charge in [-0.05, 0) is 29.7 Å². The van der Waals surface area contributed by atoms with Gasteiger partial charge in [-0.25, -0.2) is 13.2 Å². The molecule has 0 heterocycles. The Morgan fingerprint density at radius 1 is 0.962 bits per heavy atom. The highest BCUT2D eigenvalue weighted by atomic mass is 32.2. The fourth-order valence-electron chi connectivity index (χ4n) is 2.66. The van der Waals surface area contributed by atoms with E-state index in [4.69, 9.17) is 4.74 Å². The summed E-state index contributed by atoms with van der Waals surface area (Å²) in [4.78, 5) is 11.9. The monoisotopic (exact) mass is 371 g/mol. The highest BCUT2D eigenvalue weighted by Gasteiger charge is 2.20. The van der Waals surface area contributed by atoms with Gasteiger partial charge in [0.25, 0.3) is 10.0 Å². The maximum Gasteiger partial charge on any atom is 0.337 e. The van der Waals surface area contributed by atoms with Gasteiger partial charge in [0.2, 0.25) is 0 Å². The maximum absolute atomic E-state index is 13.0. The molecule has 7 heteroatoms. The number of rotatable bonds is 5. The number of ether oxygens (including phenoxy) is 2. The van der Waals surface area contributed by atoms with Crippen LogP contribution in [0, 0.1) is 0 Å². The summed E-state index contributed by atoms with van der Waals surface area (Å²) in [5.74, 6) is -0.278. The van der Waals surface area contributed by atoms with Gasteiger partial charge in [0.15, 0.2) is 0 Å². The number of sulfonamides is 1. The van der Waals surface area contributed by atoms with Gasteiger partial charge in [-0.1, -0.05) is 36.4 Å². The number of hydrogen-bond donors (Lipinski definition) is 1. The molecular formula is C19H17NO5S. The van der Waals surface area contributed by atoms with Crippen LogP contribution >= 0.6 is 0 Å². The summed E-state index contributed by atoms with van der Waals surface area (Å²) in [6, 6.07) is 16.6. The summed E-state index contributed by atoms with van der Waals surface area (Å²) in [5.41, 5.74) is 0.368. The number of benzene rings is 3. The molecule has 0 aliphatic carbocycles. The lowest BCUT2D eigenvalue weighted by molar-refractivity contribution is 0.0600. The van der Waals surface area contributed by atoms with Crippen molar-refractivity contribution in [1.82, 2.24) is 0 Å². The zero-order valence-electron chi connectivity index (χ0n) is 14.2. The average molecular weight is 371 g/mol. The predicted molar refractivity (Wildman–Crippen MR) is 99.1 cm³/mol. The van der Waals surface area contributed by atoms with Gasteiger partial charge in [0.1, 0.15) is 5.75 Å². The fourth-order valence-corrected chi connectivity index (χ4v) is 3.95. The predicted octanol–water partition coefficient (Wildman–Crippen LogP) is 3.44. The molecule has 0 aliphatic heterocycles. The van der Waals surface area contributed by atoms with Crippen LogP contribution in [-0.2, 0) is 14.8 Å². The minimum absolute atomic E-state index is 0.140. The first-order valence-electron chi connectivity index (χ1n) is 7.73. The first-order valence-corrected chi connectivity index (χ1v) is 9.21. The number of carbonyl (C=O) groups is 1. The molecule has 3 aromatic rings. The van der Waals surface area contributed by atoms with E-state index in [0.29, 0.717) is 11.1 Å². The Kier molecular flexibility index (Phi) is 4.81. The first-order chi connectivity index (χ1) is 12.5. The molecule has 1 N–H and O–H groups in total.